The highest BCUT2D eigenvalue weighted by Gasteiger charge is 2.10. The van der Waals surface area contributed by atoms with Crippen LogP contribution in [0.3, 0.4) is 0 Å². The second-order valence-electron chi connectivity index (χ2n) is 5.72. The molecule has 1 aromatic carbocycles. The number of benzene rings is 1. The molecule has 2 amide bonds. The van der Waals surface area contributed by atoms with Gasteiger partial charge in [0.2, 0.25) is 0 Å². The van der Waals surface area contributed by atoms with Crippen molar-refractivity contribution in [2.45, 2.75) is 19.9 Å². The number of hydrogen-bond acceptors (Lipinski definition) is 4. The molecule has 0 saturated heterocycles. The van der Waals surface area contributed by atoms with E-state index in [1.165, 1.54) is 0 Å². The Hall–Kier alpha value is -3.48. The maximum atomic E-state index is 12.3. The molecule has 0 bridgehead atoms. The molecule has 0 spiro atoms. The Morgan fingerprint density at radius 1 is 1.00 bits per heavy atom. The lowest BCUT2D eigenvalue weighted by Crippen LogP contribution is -2.13. The third-order valence-electron chi connectivity index (χ3n) is 3.67. The molecule has 0 unspecified atom stereocenters. The van der Waals surface area contributed by atoms with Crippen molar-refractivity contribution in [2.24, 2.45) is 0 Å². The zero-order chi connectivity index (χ0) is 18.4. The lowest BCUT2D eigenvalue weighted by molar-refractivity contribution is 0.101. The molecule has 0 fully saturated rings. The van der Waals surface area contributed by atoms with E-state index in [1.54, 1.807) is 65.9 Å². The minimum absolute atomic E-state index is 0.239. The van der Waals surface area contributed by atoms with Crippen molar-refractivity contribution in [1.29, 1.82) is 0 Å². The minimum atomic E-state index is -0.245. The van der Waals surface area contributed by atoms with E-state index in [-0.39, 0.29) is 11.8 Å². The van der Waals surface area contributed by atoms with E-state index in [4.69, 9.17) is 0 Å². The van der Waals surface area contributed by atoms with Gasteiger partial charge in [-0.25, -0.2) is 0 Å². The standard InChI is InChI=1S/C19H19N5O2/c1-2-10-24-13-15(12-21-24)19(26)23-17-5-3-4-16(11-17)22-18(25)14-6-8-20-9-7-14/h3-9,11-13H,2,10H2,1H3,(H,22,25)(H,23,26). The predicted octanol–water partition coefficient (Wildman–Crippen LogP) is 3.19. The summed E-state index contributed by atoms with van der Waals surface area (Å²) in [5.74, 6) is -0.485. The fourth-order valence-electron chi connectivity index (χ4n) is 2.42. The van der Waals surface area contributed by atoms with E-state index < -0.39 is 0 Å². The van der Waals surface area contributed by atoms with Gasteiger partial charge in [-0.3, -0.25) is 19.3 Å². The lowest BCUT2D eigenvalue weighted by Gasteiger charge is -2.08. The quantitative estimate of drug-likeness (QED) is 0.715. The highest BCUT2D eigenvalue weighted by atomic mass is 16.2. The normalized spacial score (nSPS) is 10.3. The molecule has 7 heteroatoms. The number of aromatic nitrogens is 3. The number of aryl methyl sites for hydroxylation is 1. The number of anilines is 2. The SMILES string of the molecule is CCCn1cc(C(=O)Nc2cccc(NC(=O)c3ccncc3)c2)cn1. The third-order valence-corrected chi connectivity index (χ3v) is 3.67. The predicted molar refractivity (Wildman–Crippen MR) is 99.1 cm³/mol. The fourth-order valence-corrected chi connectivity index (χ4v) is 2.42. The molecule has 0 aliphatic heterocycles. The molecule has 3 aromatic rings. The van der Waals surface area contributed by atoms with Crippen LogP contribution in [0.2, 0.25) is 0 Å². The number of amides is 2. The molecule has 2 N–H and O–H groups in total. The summed E-state index contributed by atoms with van der Waals surface area (Å²) in [6, 6.07) is 10.3. The topological polar surface area (TPSA) is 88.9 Å². The van der Waals surface area contributed by atoms with Crippen molar-refractivity contribution in [1.82, 2.24) is 14.8 Å². The molecule has 132 valence electrons. The maximum absolute atomic E-state index is 12.3. The zero-order valence-electron chi connectivity index (χ0n) is 14.3. The summed E-state index contributed by atoms with van der Waals surface area (Å²) in [6.07, 6.45) is 7.32. The number of carbonyl (C=O) groups is 2. The first-order valence-electron chi connectivity index (χ1n) is 8.31. The van der Waals surface area contributed by atoms with Gasteiger partial charge in [-0.2, -0.15) is 5.10 Å². The van der Waals surface area contributed by atoms with Crippen LogP contribution in [-0.4, -0.2) is 26.6 Å². The summed E-state index contributed by atoms with van der Waals surface area (Å²) in [5, 5.41) is 9.76. The number of pyridine rings is 1. The Morgan fingerprint density at radius 3 is 2.31 bits per heavy atom. The first-order chi connectivity index (χ1) is 12.7. The summed E-state index contributed by atoms with van der Waals surface area (Å²) in [5.41, 5.74) is 2.18. The van der Waals surface area contributed by atoms with E-state index in [0.717, 1.165) is 13.0 Å². The van der Waals surface area contributed by atoms with E-state index in [1.807, 2.05) is 6.92 Å². The van der Waals surface area contributed by atoms with E-state index in [0.29, 0.717) is 22.5 Å². The Bertz CT molecular complexity index is 905. The van der Waals surface area contributed by atoms with E-state index >= 15 is 0 Å². The van der Waals surface area contributed by atoms with Crippen molar-refractivity contribution < 1.29 is 9.59 Å². The van der Waals surface area contributed by atoms with Gasteiger partial charge < -0.3 is 10.6 Å². The van der Waals surface area contributed by atoms with Crippen molar-refractivity contribution in [3.8, 4) is 0 Å². The number of nitrogens with zero attached hydrogens (tertiary/aromatic N) is 3. The van der Waals surface area contributed by atoms with Gasteiger partial charge in [0.15, 0.2) is 0 Å². The Balaban J connectivity index is 1.67. The second-order valence-corrected chi connectivity index (χ2v) is 5.72. The molecule has 0 atom stereocenters. The highest BCUT2D eigenvalue weighted by molar-refractivity contribution is 6.06. The Morgan fingerprint density at radius 2 is 1.65 bits per heavy atom. The molecular weight excluding hydrogens is 330 g/mol. The van der Waals surface area contributed by atoms with Gasteiger partial charge >= 0.3 is 0 Å². The molecular formula is C19H19N5O2. The van der Waals surface area contributed by atoms with Gasteiger partial charge in [-0.15, -0.1) is 0 Å². The van der Waals surface area contributed by atoms with Gasteiger partial charge in [0, 0.05) is 42.1 Å². The van der Waals surface area contributed by atoms with Crippen LogP contribution in [0.15, 0.2) is 61.2 Å². The average molecular weight is 349 g/mol. The lowest BCUT2D eigenvalue weighted by atomic mass is 10.2. The molecule has 26 heavy (non-hydrogen) atoms. The van der Waals surface area contributed by atoms with Gasteiger partial charge in [0.1, 0.15) is 0 Å². The number of nitrogens with one attached hydrogen (secondary N) is 2. The molecule has 0 aliphatic carbocycles. The van der Waals surface area contributed by atoms with Crippen molar-refractivity contribution >= 4 is 23.2 Å². The van der Waals surface area contributed by atoms with Crippen molar-refractivity contribution in [2.75, 3.05) is 10.6 Å². The van der Waals surface area contributed by atoms with Crippen LogP contribution in [0, 0.1) is 0 Å². The Kier molecular flexibility index (Phi) is 5.38. The summed E-state index contributed by atoms with van der Waals surface area (Å²) in [6.45, 7) is 2.82. The van der Waals surface area contributed by atoms with Crippen molar-refractivity contribution in [3.63, 3.8) is 0 Å². The molecule has 2 heterocycles. The van der Waals surface area contributed by atoms with Crippen LogP contribution in [-0.2, 0) is 6.54 Å². The van der Waals surface area contributed by atoms with Crippen LogP contribution in [0.25, 0.3) is 0 Å². The second kappa shape index (κ2) is 8.06. The average Bonchev–Trinajstić information content (AvgIpc) is 3.12. The summed E-state index contributed by atoms with van der Waals surface area (Å²) in [4.78, 5) is 28.4. The molecule has 3 rings (SSSR count). The first kappa shape index (κ1) is 17.3. The first-order valence-corrected chi connectivity index (χ1v) is 8.31. The molecule has 2 aromatic heterocycles. The maximum Gasteiger partial charge on any atom is 0.258 e. The summed E-state index contributed by atoms with van der Waals surface area (Å²) >= 11 is 0. The van der Waals surface area contributed by atoms with Gasteiger partial charge in [-0.1, -0.05) is 13.0 Å². The summed E-state index contributed by atoms with van der Waals surface area (Å²) < 4.78 is 1.74. The van der Waals surface area contributed by atoms with Crippen LogP contribution in [0.4, 0.5) is 11.4 Å². The van der Waals surface area contributed by atoms with Crippen LogP contribution < -0.4 is 10.6 Å². The molecule has 0 saturated carbocycles. The third kappa shape index (κ3) is 4.32. The van der Waals surface area contributed by atoms with Crippen molar-refractivity contribution in [3.05, 3.63) is 72.3 Å². The van der Waals surface area contributed by atoms with Crippen LogP contribution in [0.5, 0.6) is 0 Å². The molecule has 0 radical (unpaired) electrons. The molecule has 7 nitrogen and oxygen atoms in total. The van der Waals surface area contributed by atoms with Crippen LogP contribution >= 0.6 is 0 Å². The number of rotatable bonds is 6. The van der Waals surface area contributed by atoms with E-state index in [9.17, 15) is 9.59 Å². The van der Waals surface area contributed by atoms with Gasteiger partial charge in [0.25, 0.3) is 11.8 Å². The zero-order valence-corrected chi connectivity index (χ0v) is 14.3. The Labute approximate surface area is 151 Å². The van der Waals surface area contributed by atoms with Crippen LogP contribution in [0.1, 0.15) is 34.1 Å². The highest BCUT2D eigenvalue weighted by Crippen LogP contribution is 2.17. The van der Waals surface area contributed by atoms with Gasteiger partial charge in [-0.05, 0) is 36.8 Å². The monoisotopic (exact) mass is 349 g/mol. The summed E-state index contributed by atoms with van der Waals surface area (Å²) in [7, 11) is 0. The fraction of sp³-hybridized carbons (Fsp3) is 0.158. The molecule has 0 aliphatic rings. The number of hydrogen-bond donors (Lipinski definition) is 2. The largest absolute Gasteiger partial charge is 0.322 e. The van der Waals surface area contributed by atoms with Gasteiger partial charge in [0.05, 0.1) is 11.8 Å². The smallest absolute Gasteiger partial charge is 0.258 e. The number of carbonyl (C=O) groups excluding carboxylic acids is 2. The minimum Gasteiger partial charge on any atom is -0.322 e. The van der Waals surface area contributed by atoms with E-state index in [2.05, 4.69) is 20.7 Å².